The minimum absolute atomic E-state index is 0.0800. The Bertz CT molecular complexity index is 1160. The van der Waals surface area contributed by atoms with Crippen molar-refractivity contribution >= 4 is 25.7 Å². The maximum atomic E-state index is 13.3. The second-order valence-electron chi connectivity index (χ2n) is 6.35. The van der Waals surface area contributed by atoms with Gasteiger partial charge in [0.1, 0.15) is 0 Å². The summed E-state index contributed by atoms with van der Waals surface area (Å²) in [7, 11) is -7.73. The molecule has 0 aliphatic carbocycles. The maximum Gasteiger partial charge on any atom is 0.264 e. The SMILES string of the molecule is Cc1ccc(S(=O)(=O)N(Cc2ccccc2)c2ccc(S(N)(=O)=O)cc2)cc1. The van der Waals surface area contributed by atoms with E-state index in [1.807, 2.05) is 37.3 Å². The van der Waals surface area contributed by atoms with Gasteiger partial charge in [-0.2, -0.15) is 0 Å². The first-order valence-corrected chi connectivity index (χ1v) is 11.4. The van der Waals surface area contributed by atoms with Gasteiger partial charge in [0.15, 0.2) is 0 Å². The van der Waals surface area contributed by atoms with Crippen LogP contribution < -0.4 is 9.44 Å². The molecule has 0 unspecified atom stereocenters. The number of sulfonamides is 2. The molecule has 3 aromatic rings. The first-order valence-electron chi connectivity index (χ1n) is 8.44. The largest absolute Gasteiger partial charge is 0.264 e. The molecule has 0 amide bonds. The second-order valence-corrected chi connectivity index (χ2v) is 9.77. The first kappa shape index (κ1) is 20.1. The van der Waals surface area contributed by atoms with E-state index in [9.17, 15) is 16.8 Å². The predicted molar refractivity (Wildman–Crippen MR) is 109 cm³/mol. The molecule has 0 saturated carbocycles. The molecule has 0 radical (unpaired) electrons. The summed E-state index contributed by atoms with van der Waals surface area (Å²) in [5.74, 6) is 0. The number of hydrogen-bond acceptors (Lipinski definition) is 4. The Morgan fingerprint density at radius 2 is 1.29 bits per heavy atom. The van der Waals surface area contributed by atoms with Gasteiger partial charge in [0, 0.05) is 0 Å². The lowest BCUT2D eigenvalue weighted by molar-refractivity contribution is 0.590. The van der Waals surface area contributed by atoms with Crippen molar-refractivity contribution in [2.75, 3.05) is 4.31 Å². The Morgan fingerprint density at radius 3 is 1.82 bits per heavy atom. The van der Waals surface area contributed by atoms with Crippen LogP contribution in [0.4, 0.5) is 5.69 Å². The highest BCUT2D eigenvalue weighted by Crippen LogP contribution is 2.27. The first-order chi connectivity index (χ1) is 13.2. The monoisotopic (exact) mass is 416 g/mol. The fraction of sp³-hybridized carbons (Fsp3) is 0.100. The van der Waals surface area contributed by atoms with Crippen LogP contribution in [0, 0.1) is 6.92 Å². The molecule has 0 aliphatic rings. The van der Waals surface area contributed by atoms with Gasteiger partial charge >= 0.3 is 0 Å². The van der Waals surface area contributed by atoms with Gasteiger partial charge in [0.05, 0.1) is 22.0 Å². The average Bonchev–Trinajstić information content (AvgIpc) is 2.66. The van der Waals surface area contributed by atoms with Gasteiger partial charge in [-0.3, -0.25) is 4.31 Å². The summed E-state index contributed by atoms with van der Waals surface area (Å²) in [5.41, 5.74) is 2.09. The number of primary sulfonamides is 1. The fourth-order valence-corrected chi connectivity index (χ4v) is 4.67. The third-order valence-corrected chi connectivity index (χ3v) is 6.95. The molecule has 0 fully saturated rings. The summed E-state index contributed by atoms with van der Waals surface area (Å²) >= 11 is 0. The molecular formula is C20H20N2O4S2. The van der Waals surface area contributed by atoms with Crippen molar-refractivity contribution in [3.05, 3.63) is 90.0 Å². The maximum absolute atomic E-state index is 13.3. The lowest BCUT2D eigenvalue weighted by atomic mass is 10.2. The molecule has 0 spiro atoms. The Hall–Kier alpha value is -2.68. The summed E-state index contributed by atoms with van der Waals surface area (Å²) in [6.07, 6.45) is 0. The molecule has 28 heavy (non-hydrogen) atoms. The van der Waals surface area contributed by atoms with E-state index in [-0.39, 0.29) is 16.3 Å². The lowest BCUT2D eigenvalue weighted by Gasteiger charge is -2.25. The number of benzene rings is 3. The molecule has 0 saturated heterocycles. The van der Waals surface area contributed by atoms with Crippen molar-refractivity contribution in [3.8, 4) is 0 Å². The molecule has 3 rings (SSSR count). The van der Waals surface area contributed by atoms with Crippen molar-refractivity contribution in [3.63, 3.8) is 0 Å². The van der Waals surface area contributed by atoms with Crippen molar-refractivity contribution in [1.29, 1.82) is 0 Å². The van der Waals surface area contributed by atoms with E-state index in [4.69, 9.17) is 5.14 Å². The number of anilines is 1. The summed E-state index contributed by atoms with van der Waals surface area (Å²) in [5, 5.41) is 5.14. The highest BCUT2D eigenvalue weighted by atomic mass is 32.2. The number of nitrogens with two attached hydrogens (primary N) is 1. The van der Waals surface area contributed by atoms with E-state index in [1.54, 1.807) is 24.3 Å². The third-order valence-electron chi connectivity index (χ3n) is 4.23. The van der Waals surface area contributed by atoms with E-state index in [1.165, 1.54) is 28.6 Å². The van der Waals surface area contributed by atoms with Crippen molar-refractivity contribution in [2.45, 2.75) is 23.3 Å². The van der Waals surface area contributed by atoms with Gasteiger partial charge in [-0.1, -0.05) is 48.0 Å². The van der Waals surface area contributed by atoms with Crippen molar-refractivity contribution < 1.29 is 16.8 Å². The van der Waals surface area contributed by atoms with Crippen LogP contribution in [-0.2, 0) is 26.6 Å². The van der Waals surface area contributed by atoms with Gasteiger partial charge in [0.2, 0.25) is 10.0 Å². The van der Waals surface area contributed by atoms with Crippen LogP contribution in [0.15, 0.2) is 88.7 Å². The molecule has 3 aromatic carbocycles. The zero-order chi connectivity index (χ0) is 20.4. The van der Waals surface area contributed by atoms with E-state index in [2.05, 4.69) is 0 Å². The molecule has 146 valence electrons. The lowest BCUT2D eigenvalue weighted by Crippen LogP contribution is -2.30. The molecule has 0 aliphatic heterocycles. The third kappa shape index (κ3) is 4.41. The highest BCUT2D eigenvalue weighted by Gasteiger charge is 2.25. The quantitative estimate of drug-likeness (QED) is 0.668. The summed E-state index contributed by atoms with van der Waals surface area (Å²) < 4.78 is 50.9. The number of rotatable bonds is 6. The van der Waals surface area contributed by atoms with Crippen molar-refractivity contribution in [1.82, 2.24) is 0 Å². The predicted octanol–water partition coefficient (Wildman–Crippen LogP) is 3.04. The van der Waals surface area contributed by atoms with Gasteiger partial charge in [0.25, 0.3) is 10.0 Å². The molecule has 0 bridgehead atoms. The van der Waals surface area contributed by atoms with Crippen LogP contribution in [0.25, 0.3) is 0 Å². The Labute approximate surface area is 165 Å². The minimum atomic E-state index is -3.86. The molecule has 0 heterocycles. The van der Waals surface area contributed by atoms with Gasteiger partial charge in [-0.05, 0) is 48.9 Å². The van der Waals surface area contributed by atoms with E-state index in [0.717, 1.165) is 11.1 Å². The fourth-order valence-electron chi connectivity index (χ4n) is 2.70. The summed E-state index contributed by atoms with van der Waals surface area (Å²) in [4.78, 5) is 0.0770. The van der Waals surface area contributed by atoms with Crippen molar-refractivity contribution in [2.24, 2.45) is 5.14 Å². The molecule has 6 nitrogen and oxygen atoms in total. The van der Waals surface area contributed by atoms with Gasteiger partial charge in [-0.15, -0.1) is 0 Å². The van der Waals surface area contributed by atoms with Crippen LogP contribution in [0.1, 0.15) is 11.1 Å². The van der Waals surface area contributed by atoms with Crippen LogP contribution in [-0.4, -0.2) is 16.8 Å². The Balaban J connectivity index is 2.08. The van der Waals surface area contributed by atoms with E-state index < -0.39 is 20.0 Å². The molecule has 0 aromatic heterocycles. The van der Waals surface area contributed by atoms with E-state index >= 15 is 0 Å². The smallest absolute Gasteiger partial charge is 0.262 e. The molecule has 0 atom stereocenters. The van der Waals surface area contributed by atoms with Crippen LogP contribution in [0.5, 0.6) is 0 Å². The molecular weight excluding hydrogens is 396 g/mol. The average molecular weight is 417 g/mol. The number of hydrogen-bond donors (Lipinski definition) is 1. The van der Waals surface area contributed by atoms with E-state index in [0.29, 0.717) is 5.69 Å². The standard InChI is InChI=1S/C20H20N2O4S2/c1-16-7-11-20(12-8-16)28(25,26)22(15-17-5-3-2-4-6-17)18-9-13-19(14-10-18)27(21,23)24/h2-14H,15H2,1H3,(H2,21,23,24). The normalized spacial score (nSPS) is 11.9. The zero-order valence-electron chi connectivity index (χ0n) is 15.2. The van der Waals surface area contributed by atoms with Crippen LogP contribution in [0.3, 0.4) is 0 Å². The minimum Gasteiger partial charge on any atom is -0.262 e. The topological polar surface area (TPSA) is 97.5 Å². The van der Waals surface area contributed by atoms with Gasteiger partial charge < -0.3 is 0 Å². The molecule has 2 N–H and O–H groups in total. The van der Waals surface area contributed by atoms with Crippen LogP contribution in [0.2, 0.25) is 0 Å². The van der Waals surface area contributed by atoms with Crippen LogP contribution >= 0.6 is 0 Å². The van der Waals surface area contributed by atoms with Gasteiger partial charge in [-0.25, -0.2) is 22.0 Å². The zero-order valence-corrected chi connectivity index (χ0v) is 16.8. The second kappa shape index (κ2) is 7.75. The summed E-state index contributed by atoms with van der Waals surface area (Å²) in [6.45, 7) is 1.98. The number of aryl methyl sites for hydroxylation is 1. The summed E-state index contributed by atoms with van der Waals surface area (Å²) in [6, 6.07) is 21.2. The molecule has 8 heteroatoms. The highest BCUT2D eigenvalue weighted by molar-refractivity contribution is 7.92. The Kier molecular flexibility index (Phi) is 5.55. The number of nitrogens with zero attached hydrogens (tertiary/aromatic N) is 1. The Morgan fingerprint density at radius 1 is 0.750 bits per heavy atom.